The maximum absolute atomic E-state index is 10.3. The number of benzene rings is 1. The third-order valence-corrected chi connectivity index (χ3v) is 6.07. The molecule has 1 atom stereocenters. The summed E-state index contributed by atoms with van der Waals surface area (Å²) in [6.45, 7) is 6.12. The van der Waals surface area contributed by atoms with Crippen molar-refractivity contribution in [3.05, 3.63) is 83.4 Å². The van der Waals surface area contributed by atoms with E-state index in [-0.39, 0.29) is 0 Å². The van der Waals surface area contributed by atoms with Gasteiger partial charge in [-0.15, -0.1) is 0 Å². The molecule has 3 rings (SSSR count). The monoisotopic (exact) mass is 526 g/mol. The number of hydrogen-bond acceptors (Lipinski definition) is 7. The molecule has 11 nitrogen and oxygen atoms in total. The van der Waals surface area contributed by atoms with Gasteiger partial charge in [0.25, 0.3) is 0 Å². The Bertz CT molecular complexity index is 1180. The lowest BCUT2D eigenvalue weighted by atomic mass is 9.96. The largest absolute Gasteiger partial charge is 0.481 e. The molecule has 3 aromatic rings. The number of likely N-dealkylation sites (N-methyl/N-ethyl adjacent to an activating group) is 1. The summed E-state index contributed by atoms with van der Waals surface area (Å²) >= 11 is 0. The lowest BCUT2D eigenvalue weighted by molar-refractivity contribution is -0.170. The van der Waals surface area contributed by atoms with E-state index in [0.717, 1.165) is 25.2 Å². The van der Waals surface area contributed by atoms with Crippen LogP contribution in [0.25, 0.3) is 0 Å². The Hall–Kier alpha value is -4.09. The van der Waals surface area contributed by atoms with Crippen molar-refractivity contribution < 1.29 is 34.8 Å². The highest BCUT2D eigenvalue weighted by molar-refractivity contribution is 5.88. The smallest absolute Gasteiger partial charge is 0.336 e. The Kier molecular flexibility index (Phi) is 11.1. The Morgan fingerprint density at radius 2 is 1.61 bits per heavy atom. The molecule has 1 unspecified atom stereocenters. The molecule has 0 aliphatic heterocycles. The van der Waals surface area contributed by atoms with Crippen LogP contribution < -0.4 is 0 Å². The SMILES string of the molecule is Cc1c(CN(C)C(C)Cc2ccccn2)cnn1Cc1ccccc1.O=C(O)CC(O)(CC(=O)O)C(=O)O. The minimum atomic E-state index is -2.74. The van der Waals surface area contributed by atoms with Gasteiger partial charge in [-0.2, -0.15) is 5.10 Å². The van der Waals surface area contributed by atoms with Crippen LogP contribution in [0.15, 0.2) is 60.9 Å². The fourth-order valence-corrected chi connectivity index (χ4v) is 3.67. The Labute approximate surface area is 221 Å². The van der Waals surface area contributed by atoms with Crippen LogP contribution in [0.5, 0.6) is 0 Å². The summed E-state index contributed by atoms with van der Waals surface area (Å²) in [7, 11) is 2.17. The molecule has 0 fully saturated rings. The molecule has 11 heteroatoms. The summed E-state index contributed by atoms with van der Waals surface area (Å²) in [6.07, 6.45) is 2.53. The van der Waals surface area contributed by atoms with E-state index in [0.29, 0.717) is 6.04 Å². The van der Waals surface area contributed by atoms with Crippen LogP contribution in [-0.4, -0.2) is 76.7 Å². The summed E-state index contributed by atoms with van der Waals surface area (Å²) in [5, 5.41) is 38.4. The van der Waals surface area contributed by atoms with Crippen LogP contribution in [0.4, 0.5) is 0 Å². The van der Waals surface area contributed by atoms with Gasteiger partial charge in [0, 0.05) is 42.2 Å². The van der Waals surface area contributed by atoms with Gasteiger partial charge in [-0.1, -0.05) is 36.4 Å². The molecule has 2 heterocycles. The van der Waals surface area contributed by atoms with Crippen LogP contribution in [0.3, 0.4) is 0 Å². The molecule has 0 saturated heterocycles. The zero-order chi connectivity index (χ0) is 28.3. The maximum atomic E-state index is 10.3. The quantitative estimate of drug-likeness (QED) is 0.275. The molecular formula is C27H34N4O7. The third-order valence-electron chi connectivity index (χ3n) is 6.07. The number of hydrogen-bond donors (Lipinski definition) is 4. The minimum absolute atomic E-state index is 0.423. The van der Waals surface area contributed by atoms with Gasteiger partial charge < -0.3 is 20.4 Å². The van der Waals surface area contributed by atoms with E-state index in [1.165, 1.54) is 16.8 Å². The normalized spacial score (nSPS) is 11.9. The molecule has 0 saturated carbocycles. The summed E-state index contributed by atoms with van der Waals surface area (Å²) in [4.78, 5) is 37.3. The molecule has 0 radical (unpaired) electrons. The molecule has 204 valence electrons. The summed E-state index contributed by atoms with van der Waals surface area (Å²) in [5.74, 6) is -5.02. The fraction of sp³-hybridized carbons (Fsp3) is 0.370. The molecule has 0 bridgehead atoms. The van der Waals surface area contributed by atoms with E-state index < -0.39 is 36.4 Å². The van der Waals surface area contributed by atoms with Crippen molar-refractivity contribution in [1.82, 2.24) is 19.7 Å². The van der Waals surface area contributed by atoms with Gasteiger partial charge in [-0.05, 0) is 38.6 Å². The summed E-state index contributed by atoms with van der Waals surface area (Å²) < 4.78 is 2.09. The highest BCUT2D eigenvalue weighted by atomic mass is 16.4. The Morgan fingerprint density at radius 1 is 1.00 bits per heavy atom. The minimum Gasteiger partial charge on any atom is -0.481 e. The van der Waals surface area contributed by atoms with Crippen molar-refractivity contribution in [3.8, 4) is 0 Å². The summed E-state index contributed by atoms with van der Waals surface area (Å²) in [5.41, 5.74) is 2.19. The summed E-state index contributed by atoms with van der Waals surface area (Å²) in [6, 6.07) is 17.0. The number of aliphatic hydroxyl groups is 1. The van der Waals surface area contributed by atoms with Crippen LogP contribution in [0.1, 0.15) is 42.3 Å². The highest BCUT2D eigenvalue weighted by Gasteiger charge is 2.40. The molecule has 0 amide bonds. The third kappa shape index (κ3) is 9.41. The molecule has 2 aromatic heterocycles. The number of pyridine rings is 1. The zero-order valence-corrected chi connectivity index (χ0v) is 21.7. The average Bonchev–Trinajstić information content (AvgIpc) is 3.18. The molecule has 0 aliphatic rings. The van der Waals surface area contributed by atoms with Crippen molar-refractivity contribution in [2.45, 2.75) is 57.8 Å². The molecule has 4 N–H and O–H groups in total. The number of aliphatic carboxylic acids is 3. The van der Waals surface area contributed by atoms with Gasteiger partial charge in [-0.25, -0.2) is 4.79 Å². The van der Waals surface area contributed by atoms with Gasteiger partial charge in [0.05, 0.1) is 25.6 Å². The van der Waals surface area contributed by atoms with Gasteiger partial charge in [0.2, 0.25) is 0 Å². The first kappa shape index (κ1) is 30.1. The molecule has 0 spiro atoms. The van der Waals surface area contributed by atoms with Crippen molar-refractivity contribution >= 4 is 17.9 Å². The number of carboxylic acid groups (broad SMARTS) is 3. The van der Waals surface area contributed by atoms with E-state index in [2.05, 4.69) is 70.9 Å². The second-order valence-electron chi connectivity index (χ2n) is 9.17. The Balaban J connectivity index is 0.000000332. The van der Waals surface area contributed by atoms with Gasteiger partial charge in [-0.3, -0.25) is 24.2 Å². The van der Waals surface area contributed by atoms with Crippen molar-refractivity contribution in [2.24, 2.45) is 0 Å². The lowest BCUT2D eigenvalue weighted by Gasteiger charge is -2.24. The zero-order valence-electron chi connectivity index (χ0n) is 21.7. The first-order valence-electron chi connectivity index (χ1n) is 12.0. The van der Waals surface area contributed by atoms with Gasteiger partial charge >= 0.3 is 17.9 Å². The molecule has 38 heavy (non-hydrogen) atoms. The maximum Gasteiger partial charge on any atom is 0.336 e. The van der Waals surface area contributed by atoms with E-state index in [9.17, 15) is 14.4 Å². The van der Waals surface area contributed by atoms with Gasteiger partial charge in [0.1, 0.15) is 0 Å². The predicted molar refractivity (Wildman–Crippen MR) is 138 cm³/mol. The highest BCUT2D eigenvalue weighted by Crippen LogP contribution is 2.16. The molecule has 0 aliphatic carbocycles. The first-order valence-corrected chi connectivity index (χ1v) is 12.0. The van der Waals surface area contributed by atoms with Crippen LogP contribution in [0.2, 0.25) is 0 Å². The van der Waals surface area contributed by atoms with E-state index in [4.69, 9.17) is 20.4 Å². The van der Waals surface area contributed by atoms with E-state index in [1.54, 1.807) is 0 Å². The van der Waals surface area contributed by atoms with E-state index >= 15 is 0 Å². The van der Waals surface area contributed by atoms with Crippen molar-refractivity contribution in [2.75, 3.05) is 7.05 Å². The average molecular weight is 527 g/mol. The second kappa shape index (κ2) is 14.0. The van der Waals surface area contributed by atoms with Crippen molar-refractivity contribution in [3.63, 3.8) is 0 Å². The van der Waals surface area contributed by atoms with Crippen LogP contribution in [-0.2, 0) is 33.9 Å². The predicted octanol–water partition coefficient (Wildman–Crippen LogP) is 2.45. The number of carboxylic acids is 3. The second-order valence-corrected chi connectivity index (χ2v) is 9.17. The van der Waals surface area contributed by atoms with Gasteiger partial charge in [0.15, 0.2) is 5.60 Å². The fourth-order valence-electron chi connectivity index (χ4n) is 3.67. The molecular weight excluding hydrogens is 492 g/mol. The lowest BCUT2D eigenvalue weighted by Crippen LogP contribution is -2.42. The van der Waals surface area contributed by atoms with Crippen LogP contribution >= 0.6 is 0 Å². The number of carbonyl (C=O) groups is 3. The van der Waals surface area contributed by atoms with E-state index in [1.807, 2.05) is 30.6 Å². The number of nitrogens with zero attached hydrogens (tertiary/aromatic N) is 4. The Morgan fingerprint density at radius 3 is 2.13 bits per heavy atom. The van der Waals surface area contributed by atoms with Crippen LogP contribution in [0, 0.1) is 6.92 Å². The first-order chi connectivity index (χ1) is 17.9. The standard InChI is InChI=1S/C21H26N4.C6H8O7/c1-17(13-21-11-7-8-12-22-21)24(3)16-20-14-23-25(18(20)2)15-19-9-5-4-6-10-19;7-3(8)1-6(13,5(11)12)2-4(9)10/h4-12,14,17H,13,15-16H2,1-3H3;13H,1-2H2,(H,7,8)(H,9,10)(H,11,12). The topological polar surface area (TPSA) is 166 Å². The molecule has 1 aromatic carbocycles. The number of aromatic nitrogens is 3. The number of rotatable bonds is 12. The van der Waals surface area contributed by atoms with Crippen molar-refractivity contribution in [1.29, 1.82) is 0 Å².